The standard InChI is InChI=1S/C57H109NO5/c1-3-5-7-9-11-13-15-17-19-21-22-23-24-25-26-27-28-29-30-31-32-33-34-35-37-38-40-42-44-46-48-50-54(60)56(62)53(52-59)58-57(63)55(61)51-49-47-45-43-41-39-36-20-18-16-14-12-10-8-6-4-2/h18,20,35,37,42,44,53-56,59-62H,3-17,19,21-34,36,38-41,43,45-52H2,1-2H3,(H,58,63)/b20-18-,37-35+,44-42+. The summed E-state index contributed by atoms with van der Waals surface area (Å²) in [7, 11) is 0. The molecule has 0 saturated heterocycles. The topological polar surface area (TPSA) is 110 Å². The molecule has 0 bridgehead atoms. The largest absolute Gasteiger partial charge is 0.394 e. The fourth-order valence-corrected chi connectivity index (χ4v) is 8.65. The minimum atomic E-state index is -1.29. The Morgan fingerprint density at radius 2 is 0.667 bits per heavy atom. The highest BCUT2D eigenvalue weighted by atomic mass is 16.3. The average molecular weight is 889 g/mol. The first-order valence-corrected chi connectivity index (χ1v) is 27.9. The molecule has 1 amide bonds. The van der Waals surface area contributed by atoms with Crippen LogP contribution in [-0.2, 0) is 4.79 Å². The minimum absolute atomic E-state index is 0.353. The molecule has 4 unspecified atom stereocenters. The molecular formula is C57H109NO5. The third-order valence-corrected chi connectivity index (χ3v) is 13.1. The number of carbonyl (C=O) groups excluding carboxylic acids is 1. The Balaban J connectivity index is 3.66. The van der Waals surface area contributed by atoms with Gasteiger partial charge in [-0.3, -0.25) is 4.79 Å². The van der Waals surface area contributed by atoms with Crippen molar-refractivity contribution in [3.8, 4) is 0 Å². The predicted octanol–water partition coefficient (Wildman–Crippen LogP) is 16.0. The first-order chi connectivity index (χ1) is 31.0. The number of aliphatic hydroxyl groups is 4. The Morgan fingerprint density at radius 3 is 1.00 bits per heavy atom. The van der Waals surface area contributed by atoms with Gasteiger partial charge in [-0.15, -0.1) is 0 Å². The highest BCUT2D eigenvalue weighted by Crippen LogP contribution is 2.17. The molecule has 0 radical (unpaired) electrons. The van der Waals surface area contributed by atoms with Crippen LogP contribution in [-0.4, -0.2) is 57.3 Å². The number of unbranched alkanes of at least 4 members (excludes halogenated alkanes) is 36. The SMILES string of the molecule is CCCCCCCC/C=C\CCCCCCCCC(O)C(=O)NC(CO)C(O)C(O)CCC/C=C/CC/C=C/CCCCCCCCCCCCCCCCCCCCCCCC. The molecule has 5 N–H and O–H groups in total. The zero-order chi connectivity index (χ0) is 45.9. The number of rotatable bonds is 51. The van der Waals surface area contributed by atoms with Gasteiger partial charge in [-0.2, -0.15) is 0 Å². The Morgan fingerprint density at radius 1 is 0.381 bits per heavy atom. The van der Waals surface area contributed by atoms with Gasteiger partial charge in [0.2, 0.25) is 5.91 Å². The molecule has 0 aliphatic heterocycles. The van der Waals surface area contributed by atoms with Crippen molar-refractivity contribution in [2.45, 2.75) is 314 Å². The highest BCUT2D eigenvalue weighted by Gasteiger charge is 2.28. The maximum atomic E-state index is 12.5. The first-order valence-electron chi connectivity index (χ1n) is 27.9. The van der Waals surface area contributed by atoms with E-state index < -0.39 is 36.9 Å². The number of amides is 1. The molecule has 0 aromatic rings. The van der Waals surface area contributed by atoms with Crippen molar-refractivity contribution in [3.05, 3.63) is 36.5 Å². The van der Waals surface area contributed by atoms with Gasteiger partial charge in [0.1, 0.15) is 12.2 Å². The van der Waals surface area contributed by atoms with Crippen LogP contribution in [0, 0.1) is 0 Å². The van der Waals surface area contributed by atoms with Crippen LogP contribution < -0.4 is 5.32 Å². The lowest BCUT2D eigenvalue weighted by Gasteiger charge is -2.27. The van der Waals surface area contributed by atoms with Crippen LogP contribution in [0.3, 0.4) is 0 Å². The molecule has 6 heteroatoms. The van der Waals surface area contributed by atoms with E-state index in [0.29, 0.717) is 19.3 Å². The summed E-state index contributed by atoms with van der Waals surface area (Å²) in [4.78, 5) is 12.5. The van der Waals surface area contributed by atoms with E-state index in [4.69, 9.17) is 0 Å². The van der Waals surface area contributed by atoms with Crippen LogP contribution in [0.15, 0.2) is 36.5 Å². The Labute approximate surface area is 392 Å². The van der Waals surface area contributed by atoms with Crippen LogP contribution in [0.25, 0.3) is 0 Å². The number of hydrogen-bond donors (Lipinski definition) is 5. The van der Waals surface area contributed by atoms with Gasteiger partial charge >= 0.3 is 0 Å². The summed E-state index contributed by atoms with van der Waals surface area (Å²) >= 11 is 0. The van der Waals surface area contributed by atoms with Crippen molar-refractivity contribution in [3.63, 3.8) is 0 Å². The lowest BCUT2D eigenvalue weighted by atomic mass is 10.00. The van der Waals surface area contributed by atoms with E-state index in [1.54, 1.807) is 0 Å². The molecular weight excluding hydrogens is 779 g/mol. The van der Waals surface area contributed by atoms with Crippen molar-refractivity contribution in [2.75, 3.05) is 6.61 Å². The van der Waals surface area contributed by atoms with Gasteiger partial charge in [-0.1, -0.05) is 249 Å². The Hall–Kier alpha value is -1.47. The smallest absolute Gasteiger partial charge is 0.249 e. The Kier molecular flexibility index (Phi) is 50.3. The second-order valence-corrected chi connectivity index (χ2v) is 19.3. The number of aliphatic hydroxyl groups excluding tert-OH is 4. The fourth-order valence-electron chi connectivity index (χ4n) is 8.65. The van der Waals surface area contributed by atoms with Gasteiger partial charge in [0.05, 0.1) is 18.8 Å². The van der Waals surface area contributed by atoms with Gasteiger partial charge in [0, 0.05) is 0 Å². The summed E-state index contributed by atoms with van der Waals surface area (Å²) in [6, 6.07) is -1.01. The maximum Gasteiger partial charge on any atom is 0.249 e. The normalized spacial score (nSPS) is 14.1. The van der Waals surface area contributed by atoms with Crippen LogP contribution in [0.1, 0.15) is 290 Å². The summed E-state index contributed by atoms with van der Waals surface area (Å²) in [6.45, 7) is 4.05. The monoisotopic (exact) mass is 888 g/mol. The summed E-state index contributed by atoms with van der Waals surface area (Å²) < 4.78 is 0. The van der Waals surface area contributed by atoms with Crippen molar-refractivity contribution in [1.82, 2.24) is 5.32 Å². The molecule has 0 aliphatic rings. The summed E-state index contributed by atoms with van der Waals surface area (Å²) in [6.07, 6.45) is 63.7. The first kappa shape index (κ1) is 61.5. The number of carbonyl (C=O) groups is 1. The molecule has 0 aliphatic carbocycles. The van der Waals surface area contributed by atoms with E-state index >= 15 is 0 Å². The molecule has 63 heavy (non-hydrogen) atoms. The molecule has 6 nitrogen and oxygen atoms in total. The van der Waals surface area contributed by atoms with Crippen LogP contribution >= 0.6 is 0 Å². The maximum absolute atomic E-state index is 12.5. The van der Waals surface area contributed by atoms with Crippen molar-refractivity contribution in [1.29, 1.82) is 0 Å². The highest BCUT2D eigenvalue weighted by molar-refractivity contribution is 5.80. The number of allylic oxidation sites excluding steroid dienone is 6. The molecule has 372 valence electrons. The Bertz CT molecular complexity index is 997. The van der Waals surface area contributed by atoms with Gasteiger partial charge in [0.25, 0.3) is 0 Å². The molecule has 0 spiro atoms. The lowest BCUT2D eigenvalue weighted by molar-refractivity contribution is -0.132. The molecule has 0 aromatic carbocycles. The molecule has 0 saturated carbocycles. The van der Waals surface area contributed by atoms with Gasteiger partial charge in [-0.25, -0.2) is 0 Å². The zero-order valence-corrected chi connectivity index (χ0v) is 42.1. The van der Waals surface area contributed by atoms with E-state index in [-0.39, 0.29) is 0 Å². The van der Waals surface area contributed by atoms with E-state index in [1.807, 2.05) is 0 Å². The predicted molar refractivity (Wildman–Crippen MR) is 274 cm³/mol. The number of hydrogen-bond acceptors (Lipinski definition) is 5. The third-order valence-electron chi connectivity index (χ3n) is 13.1. The van der Waals surface area contributed by atoms with Crippen molar-refractivity contribution >= 4 is 5.91 Å². The molecule has 0 rings (SSSR count). The average Bonchev–Trinajstić information content (AvgIpc) is 3.29. The van der Waals surface area contributed by atoms with Crippen LogP contribution in [0.2, 0.25) is 0 Å². The molecule has 4 atom stereocenters. The van der Waals surface area contributed by atoms with Crippen molar-refractivity contribution in [2.24, 2.45) is 0 Å². The second-order valence-electron chi connectivity index (χ2n) is 19.3. The molecule has 0 heterocycles. The van der Waals surface area contributed by atoms with E-state index in [1.165, 1.54) is 205 Å². The summed E-state index contributed by atoms with van der Waals surface area (Å²) in [5.74, 6) is -0.601. The van der Waals surface area contributed by atoms with E-state index in [0.717, 1.165) is 51.4 Å². The van der Waals surface area contributed by atoms with Gasteiger partial charge in [0.15, 0.2) is 0 Å². The second kappa shape index (κ2) is 51.5. The van der Waals surface area contributed by atoms with Gasteiger partial charge in [-0.05, 0) is 77.0 Å². The van der Waals surface area contributed by atoms with E-state index in [2.05, 4.69) is 55.6 Å². The third kappa shape index (κ3) is 45.5. The lowest BCUT2D eigenvalue weighted by Crippen LogP contribution is -2.53. The van der Waals surface area contributed by atoms with Crippen LogP contribution in [0.4, 0.5) is 0 Å². The minimum Gasteiger partial charge on any atom is -0.394 e. The zero-order valence-electron chi connectivity index (χ0n) is 42.1. The van der Waals surface area contributed by atoms with Crippen LogP contribution in [0.5, 0.6) is 0 Å². The van der Waals surface area contributed by atoms with Gasteiger partial charge < -0.3 is 25.7 Å². The summed E-state index contributed by atoms with van der Waals surface area (Å²) in [5, 5.41) is 43.9. The number of nitrogens with one attached hydrogen (secondary N) is 1. The fraction of sp³-hybridized carbons (Fsp3) is 0.877. The van der Waals surface area contributed by atoms with Crippen molar-refractivity contribution < 1.29 is 25.2 Å². The van der Waals surface area contributed by atoms with E-state index in [9.17, 15) is 25.2 Å². The quantitative estimate of drug-likeness (QED) is 0.0309. The summed E-state index contributed by atoms with van der Waals surface area (Å²) in [5.41, 5.74) is 0. The molecule has 0 fully saturated rings. The molecule has 0 aromatic heterocycles.